The molecule has 0 fully saturated rings. The first-order chi connectivity index (χ1) is 8.99. The van der Waals surface area contributed by atoms with Crippen LogP contribution in [0.4, 0.5) is 8.78 Å². The fraction of sp³-hybridized carbons (Fsp3) is 0.333. The van der Waals surface area contributed by atoms with E-state index in [2.05, 4.69) is 10.1 Å². The summed E-state index contributed by atoms with van der Waals surface area (Å²) in [5.74, 6) is -1.35. The third kappa shape index (κ3) is 5.80. The number of aliphatic carboxylic acids is 1. The lowest BCUT2D eigenvalue weighted by atomic mass is 10.2. The number of carbonyl (C=O) groups is 2. The summed E-state index contributed by atoms with van der Waals surface area (Å²) in [5.41, 5.74) is 0.289. The van der Waals surface area contributed by atoms with Crippen LogP contribution in [0.5, 0.6) is 5.75 Å². The molecule has 1 aromatic carbocycles. The van der Waals surface area contributed by atoms with Crippen LogP contribution in [0.3, 0.4) is 0 Å². The maximum absolute atomic E-state index is 11.9. The Kier molecular flexibility index (Phi) is 5.72. The number of carbonyl (C=O) groups excluding carboxylic acids is 1. The van der Waals surface area contributed by atoms with Gasteiger partial charge in [0.15, 0.2) is 0 Å². The van der Waals surface area contributed by atoms with Crippen LogP contribution in [0, 0.1) is 0 Å². The summed E-state index contributed by atoms with van der Waals surface area (Å²) in [4.78, 5) is 21.8. The first-order valence-electron chi connectivity index (χ1n) is 5.54. The number of rotatable bonds is 7. The normalized spacial score (nSPS) is 10.3. The van der Waals surface area contributed by atoms with Crippen LogP contribution in [0.25, 0.3) is 0 Å². The Morgan fingerprint density at radius 1 is 1.26 bits per heavy atom. The van der Waals surface area contributed by atoms with Gasteiger partial charge in [0.25, 0.3) is 5.91 Å². The van der Waals surface area contributed by atoms with Crippen LogP contribution >= 0.6 is 0 Å². The molecule has 0 aliphatic carbocycles. The number of halogens is 2. The topological polar surface area (TPSA) is 75.6 Å². The van der Waals surface area contributed by atoms with Crippen molar-refractivity contribution < 1.29 is 28.2 Å². The van der Waals surface area contributed by atoms with E-state index < -0.39 is 18.5 Å². The van der Waals surface area contributed by atoms with E-state index in [4.69, 9.17) is 5.11 Å². The SMILES string of the molecule is O=C(O)CCCNC(=O)c1ccc(OC(F)F)cc1. The number of carboxylic acids is 1. The van der Waals surface area contributed by atoms with E-state index in [0.29, 0.717) is 6.42 Å². The van der Waals surface area contributed by atoms with Gasteiger partial charge in [0.2, 0.25) is 0 Å². The molecule has 0 spiro atoms. The fourth-order valence-electron chi connectivity index (χ4n) is 1.33. The molecule has 0 aromatic heterocycles. The second-order valence-corrected chi connectivity index (χ2v) is 3.66. The van der Waals surface area contributed by atoms with Crippen LogP contribution in [0.2, 0.25) is 0 Å². The molecular weight excluding hydrogens is 260 g/mol. The fourth-order valence-corrected chi connectivity index (χ4v) is 1.33. The molecule has 0 radical (unpaired) electrons. The van der Waals surface area contributed by atoms with Crippen molar-refractivity contribution in [3.05, 3.63) is 29.8 Å². The first kappa shape index (κ1) is 14.9. The molecule has 7 heteroatoms. The quantitative estimate of drug-likeness (QED) is 0.744. The van der Waals surface area contributed by atoms with Crippen molar-refractivity contribution in [2.75, 3.05) is 6.54 Å². The summed E-state index contributed by atoms with van der Waals surface area (Å²) in [7, 11) is 0. The Morgan fingerprint density at radius 3 is 2.42 bits per heavy atom. The third-order valence-corrected chi connectivity index (χ3v) is 2.19. The average molecular weight is 273 g/mol. The van der Waals surface area contributed by atoms with Crippen molar-refractivity contribution in [3.63, 3.8) is 0 Å². The van der Waals surface area contributed by atoms with E-state index >= 15 is 0 Å². The molecule has 0 aliphatic heterocycles. The zero-order valence-corrected chi connectivity index (χ0v) is 9.94. The summed E-state index contributed by atoms with van der Waals surface area (Å²) >= 11 is 0. The molecule has 0 saturated carbocycles. The molecule has 0 bridgehead atoms. The van der Waals surface area contributed by atoms with Crippen LogP contribution in [0.1, 0.15) is 23.2 Å². The molecule has 0 saturated heterocycles. The Labute approximate surface area is 108 Å². The summed E-state index contributed by atoms with van der Waals surface area (Å²) in [6.45, 7) is -2.67. The van der Waals surface area contributed by atoms with Gasteiger partial charge in [0.05, 0.1) is 0 Å². The summed E-state index contributed by atoms with van der Waals surface area (Å²) < 4.78 is 27.9. The average Bonchev–Trinajstić information content (AvgIpc) is 2.34. The number of nitrogens with one attached hydrogen (secondary N) is 1. The largest absolute Gasteiger partial charge is 0.481 e. The van der Waals surface area contributed by atoms with Crippen molar-refractivity contribution in [2.45, 2.75) is 19.5 Å². The second kappa shape index (κ2) is 7.30. The van der Waals surface area contributed by atoms with Crippen LogP contribution in [-0.2, 0) is 4.79 Å². The van der Waals surface area contributed by atoms with Gasteiger partial charge in [0, 0.05) is 18.5 Å². The lowest BCUT2D eigenvalue weighted by Gasteiger charge is -2.06. The van der Waals surface area contributed by atoms with Gasteiger partial charge in [-0.25, -0.2) is 0 Å². The minimum atomic E-state index is -2.91. The highest BCUT2D eigenvalue weighted by molar-refractivity contribution is 5.94. The van der Waals surface area contributed by atoms with E-state index in [0.717, 1.165) is 0 Å². The Morgan fingerprint density at radius 2 is 1.89 bits per heavy atom. The van der Waals surface area contributed by atoms with Crippen molar-refractivity contribution in [1.29, 1.82) is 0 Å². The van der Waals surface area contributed by atoms with Gasteiger partial charge in [-0.3, -0.25) is 9.59 Å². The van der Waals surface area contributed by atoms with Gasteiger partial charge in [-0.15, -0.1) is 0 Å². The Bertz CT molecular complexity index is 434. The number of ether oxygens (including phenoxy) is 1. The molecule has 1 rings (SSSR count). The number of hydrogen-bond acceptors (Lipinski definition) is 3. The number of hydrogen-bond donors (Lipinski definition) is 2. The molecule has 1 aromatic rings. The highest BCUT2D eigenvalue weighted by atomic mass is 19.3. The Balaban J connectivity index is 2.42. The number of benzene rings is 1. The van der Waals surface area contributed by atoms with E-state index in [-0.39, 0.29) is 24.3 Å². The molecule has 0 heterocycles. The van der Waals surface area contributed by atoms with Crippen molar-refractivity contribution >= 4 is 11.9 Å². The molecule has 0 unspecified atom stereocenters. The minimum Gasteiger partial charge on any atom is -0.481 e. The number of carboxylic acid groups (broad SMARTS) is 1. The zero-order valence-electron chi connectivity index (χ0n) is 9.94. The lowest BCUT2D eigenvalue weighted by molar-refractivity contribution is -0.137. The van der Waals surface area contributed by atoms with Crippen LogP contribution in [0.15, 0.2) is 24.3 Å². The molecule has 0 atom stereocenters. The van der Waals surface area contributed by atoms with E-state index in [1.165, 1.54) is 24.3 Å². The van der Waals surface area contributed by atoms with Gasteiger partial charge in [-0.1, -0.05) is 0 Å². The lowest BCUT2D eigenvalue weighted by Crippen LogP contribution is -2.24. The standard InChI is InChI=1S/C12H13F2NO4/c13-12(14)19-9-5-3-8(4-6-9)11(18)15-7-1-2-10(16)17/h3-6,12H,1-2,7H2,(H,15,18)(H,16,17). The predicted molar refractivity (Wildman–Crippen MR) is 62.3 cm³/mol. The van der Waals surface area contributed by atoms with Crippen molar-refractivity contribution in [3.8, 4) is 5.75 Å². The third-order valence-electron chi connectivity index (χ3n) is 2.19. The van der Waals surface area contributed by atoms with Gasteiger partial charge >= 0.3 is 12.6 Å². The monoisotopic (exact) mass is 273 g/mol. The molecule has 1 amide bonds. The molecule has 0 aliphatic rings. The number of amides is 1. The highest BCUT2D eigenvalue weighted by Crippen LogP contribution is 2.14. The maximum Gasteiger partial charge on any atom is 0.387 e. The zero-order chi connectivity index (χ0) is 14.3. The van der Waals surface area contributed by atoms with Gasteiger partial charge in [0.1, 0.15) is 5.75 Å². The predicted octanol–water partition coefficient (Wildman–Crippen LogP) is 1.88. The minimum absolute atomic E-state index is 0.0263. The molecule has 2 N–H and O–H groups in total. The van der Waals surface area contributed by atoms with E-state index in [1.54, 1.807) is 0 Å². The summed E-state index contributed by atoms with van der Waals surface area (Å²) in [6.07, 6.45) is 0.301. The number of alkyl halides is 2. The highest BCUT2D eigenvalue weighted by Gasteiger charge is 2.07. The molecule has 104 valence electrons. The van der Waals surface area contributed by atoms with E-state index in [1.807, 2.05) is 0 Å². The van der Waals surface area contributed by atoms with Crippen LogP contribution in [-0.4, -0.2) is 30.1 Å². The van der Waals surface area contributed by atoms with Crippen LogP contribution < -0.4 is 10.1 Å². The molecule has 5 nitrogen and oxygen atoms in total. The van der Waals surface area contributed by atoms with Gasteiger partial charge in [-0.2, -0.15) is 8.78 Å². The van der Waals surface area contributed by atoms with Gasteiger partial charge in [-0.05, 0) is 30.7 Å². The maximum atomic E-state index is 11.9. The molecular formula is C12H13F2NO4. The van der Waals surface area contributed by atoms with E-state index in [9.17, 15) is 18.4 Å². The van der Waals surface area contributed by atoms with Crippen molar-refractivity contribution in [2.24, 2.45) is 0 Å². The summed E-state index contributed by atoms with van der Waals surface area (Å²) in [5, 5.41) is 10.9. The summed E-state index contributed by atoms with van der Waals surface area (Å²) in [6, 6.07) is 5.23. The Hall–Kier alpha value is -2.18. The second-order valence-electron chi connectivity index (χ2n) is 3.66. The van der Waals surface area contributed by atoms with Gasteiger partial charge < -0.3 is 15.2 Å². The van der Waals surface area contributed by atoms with Crippen molar-refractivity contribution in [1.82, 2.24) is 5.32 Å². The first-order valence-corrected chi connectivity index (χ1v) is 5.54. The smallest absolute Gasteiger partial charge is 0.387 e. The molecule has 19 heavy (non-hydrogen) atoms.